The maximum atomic E-state index is 9.33. The Bertz CT molecular complexity index is 947. The first-order chi connectivity index (χ1) is 13.3. The second-order valence-corrected chi connectivity index (χ2v) is 6.21. The third-order valence-corrected chi connectivity index (χ3v) is 4.42. The molecule has 1 saturated heterocycles. The van der Waals surface area contributed by atoms with Gasteiger partial charge in [0.05, 0.1) is 7.11 Å². The van der Waals surface area contributed by atoms with Crippen LogP contribution in [-0.4, -0.2) is 25.2 Å². The van der Waals surface area contributed by atoms with E-state index in [-0.39, 0.29) is 6.61 Å². The number of aromatic nitrogens is 1. The molecule has 1 aliphatic heterocycles. The molecule has 3 heterocycles. The zero-order valence-electron chi connectivity index (χ0n) is 15.0. The molecule has 138 valence electrons. The Hall–Kier alpha value is -3.40. The Balaban J connectivity index is 1.46. The van der Waals surface area contributed by atoms with E-state index in [9.17, 15) is 5.26 Å². The van der Waals surface area contributed by atoms with Crippen molar-refractivity contribution >= 4 is 5.88 Å². The highest BCUT2D eigenvalue weighted by molar-refractivity contribution is 5.56. The van der Waals surface area contributed by atoms with Crippen molar-refractivity contribution in [2.75, 3.05) is 25.1 Å². The van der Waals surface area contributed by atoms with Gasteiger partial charge in [0.1, 0.15) is 29.9 Å². The molecule has 4 rings (SSSR count). The molecule has 7 heteroatoms. The maximum Gasteiger partial charge on any atom is 0.266 e. The minimum absolute atomic E-state index is 0.275. The van der Waals surface area contributed by atoms with Crippen LogP contribution in [0.25, 0.3) is 11.7 Å². The van der Waals surface area contributed by atoms with E-state index in [0.717, 1.165) is 31.7 Å². The Labute approximate surface area is 156 Å². The molecule has 1 aromatic carbocycles. The molecule has 0 N–H and O–H groups in total. The summed E-state index contributed by atoms with van der Waals surface area (Å²) in [6.45, 7) is 2.03. The Morgan fingerprint density at radius 2 is 1.81 bits per heavy atom. The number of benzene rings is 1. The van der Waals surface area contributed by atoms with E-state index in [1.165, 1.54) is 0 Å². The second-order valence-electron chi connectivity index (χ2n) is 6.21. The highest BCUT2D eigenvalue weighted by Crippen LogP contribution is 2.31. The summed E-state index contributed by atoms with van der Waals surface area (Å²) in [4.78, 5) is 6.32. The normalized spacial score (nSPS) is 13.6. The predicted molar refractivity (Wildman–Crippen MR) is 97.7 cm³/mol. The van der Waals surface area contributed by atoms with Gasteiger partial charge in [-0.05, 0) is 49.2 Å². The van der Waals surface area contributed by atoms with Gasteiger partial charge in [-0.2, -0.15) is 10.2 Å². The van der Waals surface area contributed by atoms with Gasteiger partial charge >= 0.3 is 0 Å². The number of rotatable bonds is 6. The topological polar surface area (TPSA) is 84.7 Å². The lowest BCUT2D eigenvalue weighted by Crippen LogP contribution is -2.17. The van der Waals surface area contributed by atoms with Crippen LogP contribution in [0.2, 0.25) is 0 Å². The van der Waals surface area contributed by atoms with Crippen LogP contribution in [0.3, 0.4) is 0 Å². The van der Waals surface area contributed by atoms with E-state index in [4.69, 9.17) is 18.3 Å². The Morgan fingerprint density at radius 3 is 2.52 bits per heavy atom. The lowest BCUT2D eigenvalue weighted by molar-refractivity contribution is 0.270. The van der Waals surface area contributed by atoms with Crippen LogP contribution in [0.1, 0.15) is 24.3 Å². The molecule has 7 nitrogen and oxygen atoms in total. The number of anilines is 1. The zero-order valence-corrected chi connectivity index (χ0v) is 15.0. The van der Waals surface area contributed by atoms with Crippen molar-refractivity contribution in [3.63, 3.8) is 0 Å². The van der Waals surface area contributed by atoms with Crippen LogP contribution in [0.15, 0.2) is 45.2 Å². The number of oxazole rings is 1. The summed E-state index contributed by atoms with van der Waals surface area (Å²) in [7, 11) is 1.62. The van der Waals surface area contributed by atoms with Crippen molar-refractivity contribution in [1.82, 2.24) is 4.98 Å². The quantitative estimate of drug-likeness (QED) is 0.653. The summed E-state index contributed by atoms with van der Waals surface area (Å²) >= 11 is 0. The molecule has 0 spiro atoms. The molecule has 0 bridgehead atoms. The average Bonchev–Trinajstić information content (AvgIpc) is 3.46. The van der Waals surface area contributed by atoms with Gasteiger partial charge in [0.25, 0.3) is 5.89 Å². The van der Waals surface area contributed by atoms with Gasteiger partial charge in [-0.15, -0.1) is 0 Å². The minimum Gasteiger partial charge on any atom is -0.497 e. The molecular weight excluding hydrogens is 346 g/mol. The lowest BCUT2D eigenvalue weighted by atomic mass is 10.3. The highest BCUT2D eigenvalue weighted by atomic mass is 16.5. The average molecular weight is 365 g/mol. The lowest BCUT2D eigenvalue weighted by Gasteiger charge is -2.12. The SMILES string of the molecule is COc1ccc(OCc2ccc(-c3nc(C#N)c(N4CCCC4)o3)o2)cc1. The fraction of sp³-hybridized carbons (Fsp3) is 0.300. The number of ether oxygens (including phenoxy) is 2. The number of hydrogen-bond acceptors (Lipinski definition) is 7. The van der Waals surface area contributed by atoms with Crippen LogP contribution in [0, 0.1) is 11.3 Å². The van der Waals surface area contributed by atoms with Gasteiger partial charge in [0, 0.05) is 13.1 Å². The third kappa shape index (κ3) is 3.60. The summed E-state index contributed by atoms with van der Waals surface area (Å²) in [6.07, 6.45) is 2.18. The van der Waals surface area contributed by atoms with Gasteiger partial charge in [0.2, 0.25) is 11.6 Å². The first-order valence-electron chi connectivity index (χ1n) is 8.78. The molecule has 0 aliphatic carbocycles. The van der Waals surface area contributed by atoms with Gasteiger partial charge in [-0.25, -0.2) is 0 Å². The maximum absolute atomic E-state index is 9.33. The van der Waals surface area contributed by atoms with E-state index in [1.807, 2.05) is 35.2 Å². The molecule has 0 atom stereocenters. The summed E-state index contributed by atoms with van der Waals surface area (Å²) in [5.41, 5.74) is 0.291. The van der Waals surface area contributed by atoms with Crippen LogP contribution in [-0.2, 0) is 6.61 Å². The molecular formula is C20H19N3O4. The van der Waals surface area contributed by atoms with Crippen molar-refractivity contribution in [1.29, 1.82) is 5.26 Å². The number of hydrogen-bond donors (Lipinski definition) is 0. The number of nitrogens with zero attached hydrogens (tertiary/aromatic N) is 3. The fourth-order valence-corrected chi connectivity index (χ4v) is 3.02. The predicted octanol–water partition coefficient (Wildman–Crippen LogP) is 3.99. The van der Waals surface area contributed by atoms with Gasteiger partial charge in [-0.3, -0.25) is 0 Å². The summed E-state index contributed by atoms with van der Waals surface area (Å²) < 4.78 is 22.4. The Kier molecular flexibility index (Phi) is 4.71. The summed E-state index contributed by atoms with van der Waals surface area (Å²) in [5, 5.41) is 9.33. The van der Waals surface area contributed by atoms with Gasteiger partial charge in [0.15, 0.2) is 5.76 Å². The van der Waals surface area contributed by atoms with Crippen LogP contribution < -0.4 is 14.4 Å². The van der Waals surface area contributed by atoms with Crippen molar-refractivity contribution in [2.24, 2.45) is 0 Å². The van der Waals surface area contributed by atoms with E-state index in [2.05, 4.69) is 11.1 Å². The molecule has 0 unspecified atom stereocenters. The number of methoxy groups -OCH3 is 1. The van der Waals surface area contributed by atoms with E-state index in [0.29, 0.717) is 34.7 Å². The highest BCUT2D eigenvalue weighted by Gasteiger charge is 2.24. The van der Waals surface area contributed by atoms with Gasteiger partial charge in [-0.1, -0.05) is 0 Å². The molecule has 3 aromatic rings. The Morgan fingerprint density at radius 1 is 1.07 bits per heavy atom. The first kappa shape index (κ1) is 17.0. The van der Waals surface area contributed by atoms with Crippen molar-refractivity contribution in [3.05, 3.63) is 47.9 Å². The van der Waals surface area contributed by atoms with Crippen molar-refractivity contribution in [2.45, 2.75) is 19.4 Å². The number of nitriles is 1. The molecule has 2 aromatic heterocycles. The summed E-state index contributed by atoms with van der Waals surface area (Å²) in [6, 6.07) is 13.0. The third-order valence-electron chi connectivity index (χ3n) is 4.42. The summed E-state index contributed by atoms with van der Waals surface area (Å²) in [5.74, 6) is 3.44. The van der Waals surface area contributed by atoms with E-state index >= 15 is 0 Å². The zero-order chi connectivity index (χ0) is 18.6. The van der Waals surface area contributed by atoms with E-state index in [1.54, 1.807) is 13.2 Å². The monoisotopic (exact) mass is 365 g/mol. The molecule has 27 heavy (non-hydrogen) atoms. The minimum atomic E-state index is 0.275. The fourth-order valence-electron chi connectivity index (χ4n) is 3.02. The molecule has 0 amide bonds. The molecule has 0 radical (unpaired) electrons. The van der Waals surface area contributed by atoms with Crippen molar-refractivity contribution in [3.8, 4) is 29.2 Å². The standard InChI is InChI=1S/C20H19N3O4/c1-24-14-4-6-15(7-5-14)25-13-16-8-9-18(26-16)19-22-17(12-21)20(27-19)23-10-2-3-11-23/h4-9H,2-3,10-11,13H2,1H3. The van der Waals surface area contributed by atoms with Crippen molar-refractivity contribution < 1.29 is 18.3 Å². The molecule has 1 fully saturated rings. The first-order valence-corrected chi connectivity index (χ1v) is 8.78. The largest absolute Gasteiger partial charge is 0.497 e. The smallest absolute Gasteiger partial charge is 0.266 e. The van der Waals surface area contributed by atoms with Crippen LogP contribution in [0.4, 0.5) is 5.88 Å². The molecule has 1 aliphatic rings. The van der Waals surface area contributed by atoms with Gasteiger partial charge < -0.3 is 23.2 Å². The second kappa shape index (κ2) is 7.46. The molecule has 0 saturated carbocycles. The van der Waals surface area contributed by atoms with E-state index < -0.39 is 0 Å². The van der Waals surface area contributed by atoms with Crippen LogP contribution in [0.5, 0.6) is 11.5 Å². The van der Waals surface area contributed by atoms with Crippen LogP contribution >= 0.6 is 0 Å². The number of furan rings is 1.